The van der Waals surface area contributed by atoms with E-state index in [0.717, 1.165) is 37.4 Å². The number of hydrogen-bond acceptors (Lipinski definition) is 6. The highest BCUT2D eigenvalue weighted by molar-refractivity contribution is 5.92. The molecule has 7 nitrogen and oxygen atoms in total. The van der Waals surface area contributed by atoms with Gasteiger partial charge in [0, 0.05) is 13.1 Å². The number of ether oxygens (including phenoxy) is 2. The maximum Gasteiger partial charge on any atom is 0.274 e. The zero-order valence-electron chi connectivity index (χ0n) is 15.0. The Kier molecular flexibility index (Phi) is 6.24. The average Bonchev–Trinajstić information content (AvgIpc) is 2.72. The van der Waals surface area contributed by atoms with Gasteiger partial charge in [0.25, 0.3) is 5.91 Å². The van der Waals surface area contributed by atoms with Crippen molar-refractivity contribution in [1.29, 1.82) is 0 Å². The summed E-state index contributed by atoms with van der Waals surface area (Å²) in [6.07, 6.45) is 6.44. The number of amides is 1. The van der Waals surface area contributed by atoms with Gasteiger partial charge in [-0.25, -0.2) is 9.97 Å². The van der Waals surface area contributed by atoms with E-state index in [1.165, 1.54) is 12.6 Å². The molecule has 1 amide bonds. The summed E-state index contributed by atoms with van der Waals surface area (Å²) in [5.41, 5.74) is 0.395. The van der Waals surface area contributed by atoms with Gasteiger partial charge in [0.1, 0.15) is 29.6 Å². The lowest BCUT2D eigenvalue weighted by Crippen LogP contribution is -2.36. The van der Waals surface area contributed by atoms with Crippen molar-refractivity contribution < 1.29 is 14.3 Å². The van der Waals surface area contributed by atoms with E-state index in [1.807, 2.05) is 29.2 Å². The first-order chi connectivity index (χ1) is 12.8. The zero-order chi connectivity index (χ0) is 18.2. The standard InChI is InChI=1S/C19H24N4O3/c1-25-15-5-7-16(8-6-15)26-12-9-20-18-14-21-17(13-22-18)19(24)23-10-3-2-4-11-23/h5-8,13-14H,2-4,9-12H2,1H3,(H,20,22). The molecule has 0 radical (unpaired) electrons. The minimum Gasteiger partial charge on any atom is -0.497 e. The van der Waals surface area contributed by atoms with Gasteiger partial charge in [-0.1, -0.05) is 0 Å². The van der Waals surface area contributed by atoms with E-state index < -0.39 is 0 Å². The molecule has 2 aromatic rings. The molecule has 0 bridgehead atoms. The van der Waals surface area contributed by atoms with Crippen LogP contribution in [0, 0.1) is 0 Å². The Morgan fingerprint density at radius 3 is 2.46 bits per heavy atom. The molecule has 1 aliphatic rings. The van der Waals surface area contributed by atoms with Crippen LogP contribution < -0.4 is 14.8 Å². The van der Waals surface area contributed by atoms with Gasteiger partial charge in [-0.15, -0.1) is 0 Å². The Morgan fingerprint density at radius 2 is 1.81 bits per heavy atom. The normalized spacial score (nSPS) is 14.0. The second-order valence-electron chi connectivity index (χ2n) is 6.09. The van der Waals surface area contributed by atoms with Crippen LogP contribution in [0.4, 0.5) is 5.82 Å². The Morgan fingerprint density at radius 1 is 1.08 bits per heavy atom. The first kappa shape index (κ1) is 18.0. The Bertz CT molecular complexity index is 698. The molecule has 1 aromatic carbocycles. The van der Waals surface area contributed by atoms with E-state index in [4.69, 9.17) is 9.47 Å². The molecule has 1 aliphatic heterocycles. The van der Waals surface area contributed by atoms with Gasteiger partial charge in [-0.3, -0.25) is 4.79 Å². The first-order valence-electron chi connectivity index (χ1n) is 8.88. The number of carbonyl (C=O) groups is 1. The number of benzene rings is 1. The summed E-state index contributed by atoms with van der Waals surface area (Å²) in [6.45, 7) is 2.69. The Labute approximate surface area is 153 Å². The number of hydrogen-bond donors (Lipinski definition) is 1. The molecule has 3 rings (SSSR count). The van der Waals surface area contributed by atoms with Gasteiger partial charge in [0.2, 0.25) is 0 Å². The second-order valence-corrected chi connectivity index (χ2v) is 6.09. The third-order valence-electron chi connectivity index (χ3n) is 4.25. The number of carbonyl (C=O) groups excluding carboxylic acids is 1. The largest absolute Gasteiger partial charge is 0.497 e. The van der Waals surface area contributed by atoms with Crippen molar-refractivity contribution >= 4 is 11.7 Å². The molecule has 0 atom stereocenters. The summed E-state index contributed by atoms with van der Waals surface area (Å²) in [7, 11) is 1.63. The number of piperidine rings is 1. The van der Waals surface area contributed by atoms with Gasteiger partial charge < -0.3 is 19.7 Å². The molecule has 26 heavy (non-hydrogen) atoms. The van der Waals surface area contributed by atoms with Gasteiger partial charge in [0.05, 0.1) is 26.0 Å². The summed E-state index contributed by atoms with van der Waals surface area (Å²) >= 11 is 0. The summed E-state index contributed by atoms with van der Waals surface area (Å²) < 4.78 is 10.7. The third-order valence-corrected chi connectivity index (χ3v) is 4.25. The van der Waals surface area contributed by atoms with E-state index in [0.29, 0.717) is 24.7 Å². The predicted octanol–water partition coefficient (Wildman–Crippen LogP) is 2.60. The number of aromatic nitrogens is 2. The molecule has 7 heteroatoms. The van der Waals surface area contributed by atoms with Crippen molar-refractivity contribution in [1.82, 2.24) is 14.9 Å². The number of methoxy groups -OCH3 is 1. The molecule has 1 aromatic heterocycles. The lowest BCUT2D eigenvalue weighted by molar-refractivity contribution is 0.0718. The molecule has 2 heterocycles. The van der Waals surface area contributed by atoms with Crippen LogP contribution in [0.3, 0.4) is 0 Å². The summed E-state index contributed by atoms with van der Waals surface area (Å²) in [6, 6.07) is 7.43. The number of nitrogens with one attached hydrogen (secondary N) is 1. The van der Waals surface area contributed by atoms with Crippen LogP contribution in [0.1, 0.15) is 29.8 Å². The fourth-order valence-corrected chi connectivity index (χ4v) is 2.81. The molecule has 1 N–H and O–H groups in total. The highest BCUT2D eigenvalue weighted by Crippen LogP contribution is 2.17. The van der Waals surface area contributed by atoms with Gasteiger partial charge >= 0.3 is 0 Å². The second kappa shape index (κ2) is 9.03. The fraction of sp³-hybridized carbons (Fsp3) is 0.421. The van der Waals surface area contributed by atoms with Crippen LogP contribution in [-0.2, 0) is 0 Å². The lowest BCUT2D eigenvalue weighted by atomic mass is 10.1. The van der Waals surface area contributed by atoms with Crippen LogP contribution in [0.5, 0.6) is 11.5 Å². The highest BCUT2D eigenvalue weighted by Gasteiger charge is 2.19. The number of anilines is 1. The quantitative estimate of drug-likeness (QED) is 0.769. The molecule has 1 fully saturated rings. The van der Waals surface area contributed by atoms with Gasteiger partial charge in [0.15, 0.2) is 0 Å². The van der Waals surface area contributed by atoms with Crippen molar-refractivity contribution in [2.45, 2.75) is 19.3 Å². The van der Waals surface area contributed by atoms with Crippen LogP contribution in [0.25, 0.3) is 0 Å². The minimum atomic E-state index is -0.0356. The first-order valence-corrected chi connectivity index (χ1v) is 8.88. The van der Waals surface area contributed by atoms with Crippen molar-refractivity contribution in [2.24, 2.45) is 0 Å². The highest BCUT2D eigenvalue weighted by atomic mass is 16.5. The number of likely N-dealkylation sites (tertiary alicyclic amines) is 1. The number of rotatable bonds is 7. The third kappa shape index (κ3) is 4.84. The SMILES string of the molecule is COc1ccc(OCCNc2cnc(C(=O)N3CCCCC3)cn2)cc1. The van der Waals surface area contributed by atoms with E-state index in [1.54, 1.807) is 13.3 Å². The smallest absolute Gasteiger partial charge is 0.274 e. The summed E-state index contributed by atoms with van der Waals surface area (Å²) in [5.74, 6) is 2.16. The van der Waals surface area contributed by atoms with E-state index in [9.17, 15) is 4.79 Å². The summed E-state index contributed by atoms with van der Waals surface area (Å²) in [4.78, 5) is 22.7. The molecule has 0 saturated carbocycles. The van der Waals surface area contributed by atoms with Gasteiger partial charge in [-0.05, 0) is 43.5 Å². The van der Waals surface area contributed by atoms with Gasteiger partial charge in [-0.2, -0.15) is 0 Å². The molecule has 0 aliphatic carbocycles. The average molecular weight is 356 g/mol. The fourth-order valence-electron chi connectivity index (χ4n) is 2.81. The van der Waals surface area contributed by atoms with Crippen LogP contribution in [-0.4, -0.2) is 54.1 Å². The van der Waals surface area contributed by atoms with Crippen LogP contribution >= 0.6 is 0 Å². The summed E-state index contributed by atoms with van der Waals surface area (Å²) in [5, 5.41) is 3.13. The monoisotopic (exact) mass is 356 g/mol. The minimum absolute atomic E-state index is 0.0356. The number of nitrogens with zero attached hydrogens (tertiary/aromatic N) is 3. The molecular weight excluding hydrogens is 332 g/mol. The molecule has 0 unspecified atom stereocenters. The maximum absolute atomic E-state index is 12.3. The Balaban J connectivity index is 1.43. The van der Waals surface area contributed by atoms with Crippen LogP contribution in [0.15, 0.2) is 36.7 Å². The maximum atomic E-state index is 12.3. The lowest BCUT2D eigenvalue weighted by Gasteiger charge is -2.26. The molecule has 1 saturated heterocycles. The van der Waals surface area contributed by atoms with Crippen molar-refractivity contribution in [3.63, 3.8) is 0 Å². The molecule has 138 valence electrons. The zero-order valence-corrected chi connectivity index (χ0v) is 15.0. The topological polar surface area (TPSA) is 76.6 Å². The predicted molar refractivity (Wildman–Crippen MR) is 98.8 cm³/mol. The molecular formula is C19H24N4O3. The van der Waals surface area contributed by atoms with Crippen molar-refractivity contribution in [2.75, 3.05) is 38.7 Å². The van der Waals surface area contributed by atoms with E-state index >= 15 is 0 Å². The van der Waals surface area contributed by atoms with E-state index in [-0.39, 0.29) is 5.91 Å². The molecule has 0 spiro atoms. The van der Waals surface area contributed by atoms with Crippen molar-refractivity contribution in [3.05, 3.63) is 42.4 Å². The Hall–Kier alpha value is -2.83. The van der Waals surface area contributed by atoms with Crippen LogP contribution in [0.2, 0.25) is 0 Å². The van der Waals surface area contributed by atoms with Crippen molar-refractivity contribution in [3.8, 4) is 11.5 Å². The van der Waals surface area contributed by atoms with E-state index in [2.05, 4.69) is 15.3 Å².